The van der Waals surface area contributed by atoms with E-state index in [4.69, 9.17) is 0 Å². The van der Waals surface area contributed by atoms with Crippen LogP contribution in [0.1, 0.15) is 128 Å². The third-order valence-corrected chi connectivity index (χ3v) is 11.9. The zero-order chi connectivity index (χ0) is 26.1. The number of hydrogen-bond acceptors (Lipinski definition) is 3. The molecule has 0 radical (unpaired) electrons. The Balaban J connectivity index is 1.18. The lowest BCUT2D eigenvalue weighted by atomic mass is 9.59. The summed E-state index contributed by atoms with van der Waals surface area (Å²) >= 11 is 0. The number of nitrogens with zero attached hydrogens (tertiary/aromatic N) is 1. The topological polar surface area (TPSA) is 69.6 Å². The summed E-state index contributed by atoms with van der Waals surface area (Å²) in [5.41, 5.74) is 2.94. The van der Waals surface area contributed by atoms with Gasteiger partial charge in [-0.2, -0.15) is 0 Å². The zero-order valence-corrected chi connectivity index (χ0v) is 23.7. The standard InChI is InChI=1S/C33H52N2O3/c36-32(28(22-11-4-1-5-12-22)23-13-6-2-7-14-23)34-21-26-20-19-25-17-10-18-27-29(25)31(26)35(38)33(37)30(27)24-15-8-3-9-16-24/h22-24,26-28,30-31,38H,1-21H2,(H,34,36). The second kappa shape index (κ2) is 12.0. The highest BCUT2D eigenvalue weighted by molar-refractivity contribution is 5.82. The fourth-order valence-corrected chi connectivity index (χ4v) is 10.1. The first-order valence-electron chi connectivity index (χ1n) is 16.6. The van der Waals surface area contributed by atoms with Crippen molar-refractivity contribution >= 4 is 11.8 Å². The zero-order valence-electron chi connectivity index (χ0n) is 23.7. The highest BCUT2D eigenvalue weighted by Gasteiger charge is 2.53. The first kappa shape index (κ1) is 26.8. The van der Waals surface area contributed by atoms with E-state index in [9.17, 15) is 14.8 Å². The number of carbonyl (C=O) groups excluding carboxylic acids is 2. The van der Waals surface area contributed by atoms with Crippen molar-refractivity contribution in [2.24, 2.45) is 41.4 Å². The summed E-state index contributed by atoms with van der Waals surface area (Å²) in [5, 5.41) is 16.0. The van der Waals surface area contributed by atoms with Gasteiger partial charge in [0, 0.05) is 24.3 Å². The van der Waals surface area contributed by atoms with Crippen molar-refractivity contribution in [1.82, 2.24) is 10.4 Å². The minimum atomic E-state index is -0.223. The molecule has 212 valence electrons. The lowest BCUT2D eigenvalue weighted by Crippen LogP contribution is -2.59. The summed E-state index contributed by atoms with van der Waals surface area (Å²) in [6, 6.07) is -0.223. The Morgan fingerprint density at radius 3 is 2.03 bits per heavy atom. The van der Waals surface area contributed by atoms with Crippen LogP contribution in [0, 0.1) is 41.4 Å². The molecule has 4 atom stereocenters. The van der Waals surface area contributed by atoms with Crippen molar-refractivity contribution in [3.8, 4) is 0 Å². The second-order valence-corrected chi connectivity index (χ2v) is 14.0. The fourth-order valence-electron chi connectivity index (χ4n) is 10.1. The summed E-state index contributed by atoms with van der Waals surface area (Å²) in [6.45, 7) is 0.599. The molecule has 0 aromatic heterocycles. The molecular weight excluding hydrogens is 472 g/mol. The van der Waals surface area contributed by atoms with Gasteiger partial charge in [-0.15, -0.1) is 0 Å². The van der Waals surface area contributed by atoms with Gasteiger partial charge in [-0.1, -0.05) is 63.4 Å². The molecule has 1 heterocycles. The van der Waals surface area contributed by atoms with Gasteiger partial charge in [0.05, 0.1) is 6.04 Å². The largest absolute Gasteiger partial charge is 0.355 e. The maximum Gasteiger partial charge on any atom is 0.250 e. The van der Waals surface area contributed by atoms with Crippen LogP contribution in [-0.2, 0) is 9.59 Å². The molecule has 5 aliphatic carbocycles. The van der Waals surface area contributed by atoms with E-state index in [1.807, 2.05) is 0 Å². The molecule has 2 amide bonds. The van der Waals surface area contributed by atoms with Gasteiger partial charge in [-0.25, -0.2) is 5.06 Å². The van der Waals surface area contributed by atoms with Crippen molar-refractivity contribution in [2.45, 2.75) is 134 Å². The lowest BCUT2D eigenvalue weighted by molar-refractivity contribution is -0.196. The maximum absolute atomic E-state index is 13.9. The number of rotatable bonds is 6. The minimum absolute atomic E-state index is 0.0163. The van der Waals surface area contributed by atoms with Gasteiger partial charge in [0.2, 0.25) is 11.8 Å². The highest BCUT2D eigenvalue weighted by atomic mass is 16.5. The number of allylic oxidation sites excluding steroid dienone is 1. The van der Waals surface area contributed by atoms with Gasteiger partial charge < -0.3 is 5.32 Å². The fraction of sp³-hybridized carbons (Fsp3) is 0.879. The number of amides is 2. The number of hydroxylamine groups is 2. The molecular formula is C33H52N2O3. The highest BCUT2D eigenvalue weighted by Crippen LogP contribution is 2.52. The molecule has 38 heavy (non-hydrogen) atoms. The first-order chi connectivity index (χ1) is 18.6. The van der Waals surface area contributed by atoms with Crippen LogP contribution in [0.5, 0.6) is 0 Å². The van der Waals surface area contributed by atoms with Gasteiger partial charge in [0.15, 0.2) is 0 Å². The molecule has 1 saturated heterocycles. The second-order valence-electron chi connectivity index (χ2n) is 14.0. The smallest absolute Gasteiger partial charge is 0.250 e. The minimum Gasteiger partial charge on any atom is -0.355 e. The van der Waals surface area contributed by atoms with E-state index in [2.05, 4.69) is 5.32 Å². The van der Waals surface area contributed by atoms with Gasteiger partial charge in [0.25, 0.3) is 0 Å². The lowest BCUT2D eigenvalue weighted by Gasteiger charge is -2.52. The van der Waals surface area contributed by atoms with Gasteiger partial charge in [-0.05, 0) is 99.9 Å². The molecule has 0 spiro atoms. The van der Waals surface area contributed by atoms with Crippen LogP contribution in [0.3, 0.4) is 0 Å². The SMILES string of the molecule is O=C(NCC1CCC2=C3C(CCC2)C(C2CCCCC2)C(=O)N(O)C31)C(C1CCCCC1)C1CCCCC1. The van der Waals surface area contributed by atoms with Gasteiger partial charge in [-0.3, -0.25) is 14.8 Å². The molecule has 6 rings (SSSR count). The Bertz CT molecular complexity index is 863. The van der Waals surface area contributed by atoms with Crippen LogP contribution < -0.4 is 5.32 Å². The molecule has 0 aromatic carbocycles. The average Bonchev–Trinajstić information content (AvgIpc) is 2.97. The number of carbonyl (C=O) groups is 2. The Labute approximate surface area is 230 Å². The Morgan fingerprint density at radius 1 is 0.789 bits per heavy atom. The van der Waals surface area contributed by atoms with E-state index in [0.717, 1.165) is 38.5 Å². The van der Waals surface area contributed by atoms with Crippen LogP contribution >= 0.6 is 0 Å². The number of piperidine rings is 1. The predicted octanol–water partition coefficient (Wildman–Crippen LogP) is 7.18. The van der Waals surface area contributed by atoms with Crippen LogP contribution in [0.4, 0.5) is 0 Å². The number of hydrogen-bond donors (Lipinski definition) is 2. The number of nitrogens with one attached hydrogen (secondary N) is 1. The maximum atomic E-state index is 13.9. The summed E-state index contributed by atoms with van der Waals surface area (Å²) in [4.78, 5) is 27.6. The third kappa shape index (κ3) is 5.22. The van der Waals surface area contributed by atoms with Crippen molar-refractivity contribution in [1.29, 1.82) is 0 Å². The van der Waals surface area contributed by atoms with Gasteiger partial charge >= 0.3 is 0 Å². The van der Waals surface area contributed by atoms with Crippen molar-refractivity contribution in [3.05, 3.63) is 11.1 Å². The van der Waals surface area contributed by atoms with E-state index in [1.54, 1.807) is 0 Å². The predicted molar refractivity (Wildman–Crippen MR) is 149 cm³/mol. The first-order valence-corrected chi connectivity index (χ1v) is 16.6. The van der Waals surface area contributed by atoms with Crippen molar-refractivity contribution < 1.29 is 14.8 Å². The van der Waals surface area contributed by atoms with E-state index < -0.39 is 0 Å². The monoisotopic (exact) mass is 524 g/mol. The van der Waals surface area contributed by atoms with E-state index in [0.29, 0.717) is 30.2 Å². The van der Waals surface area contributed by atoms with Crippen LogP contribution in [-0.4, -0.2) is 34.7 Å². The molecule has 0 bridgehead atoms. The Morgan fingerprint density at radius 2 is 1.39 bits per heavy atom. The van der Waals surface area contributed by atoms with Crippen molar-refractivity contribution in [2.75, 3.05) is 6.54 Å². The quantitative estimate of drug-likeness (QED) is 0.285. The van der Waals surface area contributed by atoms with Gasteiger partial charge in [0.1, 0.15) is 0 Å². The van der Waals surface area contributed by atoms with Crippen LogP contribution in [0.2, 0.25) is 0 Å². The Hall–Kier alpha value is -1.36. The molecule has 5 nitrogen and oxygen atoms in total. The van der Waals surface area contributed by atoms with Crippen LogP contribution in [0.25, 0.3) is 0 Å². The summed E-state index contributed by atoms with van der Waals surface area (Å²) in [7, 11) is 0. The average molecular weight is 525 g/mol. The summed E-state index contributed by atoms with van der Waals surface area (Å²) in [6.07, 6.45) is 24.0. The van der Waals surface area contributed by atoms with E-state index in [1.165, 1.54) is 106 Å². The van der Waals surface area contributed by atoms with Crippen LogP contribution in [0.15, 0.2) is 11.1 Å². The van der Waals surface area contributed by atoms with Crippen molar-refractivity contribution in [3.63, 3.8) is 0 Å². The molecule has 3 saturated carbocycles. The Kier molecular flexibility index (Phi) is 8.49. The summed E-state index contributed by atoms with van der Waals surface area (Å²) in [5.74, 6) is 2.33. The normalized spacial score (nSPS) is 33.9. The molecule has 5 heteroatoms. The molecule has 4 fully saturated rings. The van der Waals surface area contributed by atoms with E-state index >= 15 is 0 Å². The third-order valence-electron chi connectivity index (χ3n) is 11.9. The molecule has 0 aromatic rings. The molecule has 2 N–H and O–H groups in total. The summed E-state index contributed by atoms with van der Waals surface area (Å²) < 4.78 is 0. The molecule has 4 unspecified atom stereocenters. The molecule has 1 aliphatic heterocycles. The molecule has 6 aliphatic rings. The van der Waals surface area contributed by atoms with E-state index in [-0.39, 0.29) is 35.6 Å².